The second kappa shape index (κ2) is 6.41. The highest BCUT2D eigenvalue weighted by Crippen LogP contribution is 2.31. The average Bonchev–Trinajstić information content (AvgIpc) is 2.34. The van der Waals surface area contributed by atoms with Crippen molar-refractivity contribution in [3.63, 3.8) is 0 Å². The lowest BCUT2D eigenvalue weighted by Gasteiger charge is -2.17. The van der Waals surface area contributed by atoms with Crippen molar-refractivity contribution in [2.24, 2.45) is 5.92 Å². The molecule has 1 rings (SSSR count). The normalized spacial score (nSPS) is 13.7. The third kappa shape index (κ3) is 3.72. The maximum atomic E-state index is 11.9. The molecule has 8 heteroatoms. The first kappa shape index (κ1) is 16.0. The highest BCUT2D eigenvalue weighted by molar-refractivity contribution is 6.48. The van der Waals surface area contributed by atoms with Crippen molar-refractivity contribution in [3.05, 3.63) is 27.0 Å². The van der Waals surface area contributed by atoms with Gasteiger partial charge in [-0.2, -0.15) is 0 Å². The number of nitrogens with zero attached hydrogens (tertiary/aromatic N) is 1. The van der Waals surface area contributed by atoms with E-state index in [0.717, 1.165) is 0 Å². The zero-order valence-electron chi connectivity index (χ0n) is 10.1. The molecule has 2 atom stereocenters. The highest BCUT2D eigenvalue weighted by atomic mass is 35.5. The fraction of sp³-hybridized carbons (Fsp3) is 0.364. The Kier molecular flexibility index (Phi) is 5.40. The van der Waals surface area contributed by atoms with Crippen molar-refractivity contribution >= 4 is 46.7 Å². The predicted octanol–water partition coefficient (Wildman–Crippen LogP) is 2.88. The van der Waals surface area contributed by atoms with Crippen LogP contribution in [0.1, 0.15) is 24.3 Å². The number of nitrogens with one attached hydrogen (secondary N) is 1. The van der Waals surface area contributed by atoms with Crippen LogP contribution < -0.4 is 5.32 Å². The number of carboxylic acids is 1. The summed E-state index contributed by atoms with van der Waals surface area (Å²) in [7, 11) is 0. The average molecular weight is 326 g/mol. The Labute approximate surface area is 124 Å². The molecule has 0 bridgehead atoms. The van der Waals surface area contributed by atoms with E-state index in [-0.39, 0.29) is 20.8 Å². The Bertz CT molecular complexity index is 522. The molecule has 5 nitrogen and oxygen atoms in total. The highest BCUT2D eigenvalue weighted by Gasteiger charge is 2.24. The lowest BCUT2D eigenvalue weighted by molar-refractivity contribution is -0.141. The molecule has 1 aromatic heterocycles. The Morgan fingerprint density at radius 2 is 1.84 bits per heavy atom. The van der Waals surface area contributed by atoms with Crippen LogP contribution in [0.15, 0.2) is 6.20 Å². The van der Waals surface area contributed by atoms with Gasteiger partial charge in [0.05, 0.1) is 21.0 Å². The number of rotatable bonds is 4. The van der Waals surface area contributed by atoms with Gasteiger partial charge in [0.25, 0.3) is 5.91 Å². The molecule has 0 spiro atoms. The fourth-order valence-corrected chi connectivity index (χ4v) is 1.78. The van der Waals surface area contributed by atoms with Gasteiger partial charge in [-0.15, -0.1) is 0 Å². The Balaban J connectivity index is 2.91. The number of hydrogen-bond donors (Lipinski definition) is 2. The SMILES string of the molecule is CC(NC(=O)c1ncc(Cl)c(Cl)c1Cl)C(C)C(=O)O. The number of carbonyl (C=O) groups excluding carboxylic acids is 1. The number of hydrogen-bond acceptors (Lipinski definition) is 3. The lowest BCUT2D eigenvalue weighted by atomic mass is 10.0. The van der Waals surface area contributed by atoms with Crippen LogP contribution in [0.3, 0.4) is 0 Å². The smallest absolute Gasteiger partial charge is 0.308 e. The van der Waals surface area contributed by atoms with Crippen LogP contribution in [-0.4, -0.2) is 28.0 Å². The number of carbonyl (C=O) groups is 2. The van der Waals surface area contributed by atoms with Crippen molar-refractivity contribution < 1.29 is 14.7 Å². The van der Waals surface area contributed by atoms with Gasteiger partial charge in [-0.1, -0.05) is 34.8 Å². The van der Waals surface area contributed by atoms with E-state index in [4.69, 9.17) is 39.9 Å². The minimum absolute atomic E-state index is 0.0300. The second-order valence-electron chi connectivity index (χ2n) is 3.97. The molecule has 104 valence electrons. The summed E-state index contributed by atoms with van der Waals surface area (Å²) in [5.74, 6) is -2.37. The van der Waals surface area contributed by atoms with E-state index in [2.05, 4.69) is 10.3 Å². The summed E-state index contributed by atoms with van der Waals surface area (Å²) in [6.45, 7) is 3.05. The van der Waals surface area contributed by atoms with Crippen LogP contribution >= 0.6 is 34.8 Å². The molecule has 0 saturated carbocycles. The first-order valence-corrected chi connectivity index (χ1v) is 6.42. The van der Waals surface area contributed by atoms with Crippen LogP contribution in [-0.2, 0) is 4.79 Å². The molecule has 1 aromatic rings. The molecule has 0 saturated heterocycles. The summed E-state index contributed by atoms with van der Waals surface area (Å²) in [6, 6.07) is -0.586. The molecule has 1 amide bonds. The monoisotopic (exact) mass is 324 g/mol. The Hall–Kier alpha value is -1.04. The number of pyridine rings is 1. The van der Waals surface area contributed by atoms with Crippen molar-refractivity contribution in [2.75, 3.05) is 0 Å². The van der Waals surface area contributed by atoms with E-state index in [1.165, 1.54) is 13.1 Å². The van der Waals surface area contributed by atoms with Crippen LogP contribution in [0.2, 0.25) is 15.1 Å². The van der Waals surface area contributed by atoms with Crippen LogP contribution in [0.5, 0.6) is 0 Å². The largest absolute Gasteiger partial charge is 0.481 e. The lowest BCUT2D eigenvalue weighted by Crippen LogP contribution is -2.40. The second-order valence-corrected chi connectivity index (χ2v) is 5.13. The summed E-state index contributed by atoms with van der Waals surface area (Å²) in [6.07, 6.45) is 1.20. The van der Waals surface area contributed by atoms with E-state index in [1.807, 2.05) is 0 Å². The molecule has 0 fully saturated rings. The molecular formula is C11H11Cl3N2O3. The van der Waals surface area contributed by atoms with Gasteiger partial charge in [0.2, 0.25) is 0 Å². The van der Waals surface area contributed by atoms with E-state index in [0.29, 0.717) is 0 Å². The summed E-state index contributed by atoms with van der Waals surface area (Å²) in [5, 5.41) is 11.4. The van der Waals surface area contributed by atoms with Crippen molar-refractivity contribution in [3.8, 4) is 0 Å². The van der Waals surface area contributed by atoms with Gasteiger partial charge in [0.15, 0.2) is 0 Å². The molecule has 1 heterocycles. The topological polar surface area (TPSA) is 79.3 Å². The summed E-state index contributed by atoms with van der Waals surface area (Å²) in [5.41, 5.74) is -0.0968. The maximum Gasteiger partial charge on any atom is 0.308 e. The molecule has 0 aliphatic carbocycles. The molecule has 0 aromatic carbocycles. The number of amides is 1. The van der Waals surface area contributed by atoms with E-state index in [9.17, 15) is 9.59 Å². The molecule has 19 heavy (non-hydrogen) atoms. The molecule has 2 N–H and O–H groups in total. The van der Waals surface area contributed by atoms with Crippen LogP contribution in [0.4, 0.5) is 0 Å². The standard InChI is InChI=1S/C11H11Cl3N2O3/c1-4(11(18)19)5(2)16-10(17)9-8(14)7(13)6(12)3-15-9/h3-5H,1-2H3,(H,16,17)(H,18,19). The zero-order chi connectivity index (χ0) is 14.7. The summed E-state index contributed by atoms with van der Waals surface area (Å²) in [4.78, 5) is 26.5. The van der Waals surface area contributed by atoms with Gasteiger partial charge in [0, 0.05) is 12.2 Å². The minimum Gasteiger partial charge on any atom is -0.481 e. The first-order valence-electron chi connectivity index (χ1n) is 5.28. The summed E-state index contributed by atoms with van der Waals surface area (Å²) < 4.78 is 0. The molecule has 0 aliphatic heterocycles. The number of aromatic nitrogens is 1. The molecule has 2 unspecified atom stereocenters. The van der Waals surface area contributed by atoms with E-state index < -0.39 is 23.8 Å². The minimum atomic E-state index is -1.01. The van der Waals surface area contributed by atoms with Gasteiger partial charge in [0.1, 0.15) is 5.69 Å². The van der Waals surface area contributed by atoms with Crippen LogP contribution in [0.25, 0.3) is 0 Å². The summed E-state index contributed by atoms with van der Waals surface area (Å²) >= 11 is 17.4. The van der Waals surface area contributed by atoms with Gasteiger partial charge >= 0.3 is 5.97 Å². The molecular weight excluding hydrogens is 314 g/mol. The third-order valence-electron chi connectivity index (χ3n) is 2.63. The first-order chi connectivity index (χ1) is 8.75. The number of aliphatic carboxylic acids is 1. The zero-order valence-corrected chi connectivity index (χ0v) is 12.3. The van der Waals surface area contributed by atoms with E-state index in [1.54, 1.807) is 6.92 Å². The van der Waals surface area contributed by atoms with Crippen molar-refractivity contribution in [2.45, 2.75) is 19.9 Å². The fourth-order valence-electron chi connectivity index (χ4n) is 1.22. The Morgan fingerprint density at radius 1 is 1.26 bits per heavy atom. The third-order valence-corrected chi connectivity index (χ3v) is 3.87. The van der Waals surface area contributed by atoms with Crippen molar-refractivity contribution in [1.29, 1.82) is 0 Å². The number of carboxylic acid groups (broad SMARTS) is 1. The van der Waals surface area contributed by atoms with Crippen molar-refractivity contribution in [1.82, 2.24) is 10.3 Å². The quantitative estimate of drug-likeness (QED) is 0.892. The predicted molar refractivity (Wildman–Crippen MR) is 73.0 cm³/mol. The Morgan fingerprint density at radius 3 is 2.37 bits per heavy atom. The number of halogens is 3. The molecule has 0 radical (unpaired) electrons. The van der Waals surface area contributed by atoms with Gasteiger partial charge < -0.3 is 10.4 Å². The van der Waals surface area contributed by atoms with Gasteiger partial charge in [-0.3, -0.25) is 9.59 Å². The maximum absolute atomic E-state index is 11.9. The van der Waals surface area contributed by atoms with E-state index >= 15 is 0 Å². The van der Waals surface area contributed by atoms with Crippen LogP contribution in [0, 0.1) is 5.92 Å². The molecule has 0 aliphatic rings. The van der Waals surface area contributed by atoms with Gasteiger partial charge in [-0.25, -0.2) is 4.98 Å². The van der Waals surface area contributed by atoms with Gasteiger partial charge in [-0.05, 0) is 13.8 Å².